The van der Waals surface area contributed by atoms with Gasteiger partial charge >= 0.3 is 0 Å². The van der Waals surface area contributed by atoms with E-state index < -0.39 is 0 Å². The van der Waals surface area contributed by atoms with Crippen LogP contribution in [0.15, 0.2) is 206 Å². The Morgan fingerprint density at radius 3 is 1.69 bits per heavy atom. The number of fused-ring (bicyclic) bond motifs is 9. The van der Waals surface area contributed by atoms with Crippen LogP contribution in [0.5, 0.6) is 0 Å². The van der Waals surface area contributed by atoms with Gasteiger partial charge in [-0.15, -0.1) is 11.3 Å². The highest BCUT2D eigenvalue weighted by Crippen LogP contribution is 2.69. The van der Waals surface area contributed by atoms with Crippen LogP contribution >= 0.6 is 11.3 Å². The normalized spacial score (nSPS) is 21.2. The second-order valence-electron chi connectivity index (χ2n) is 20.1. The molecule has 5 aliphatic rings. The molecule has 0 saturated heterocycles. The maximum absolute atomic E-state index is 2.56. The Kier molecular flexibility index (Phi) is 8.16. The lowest BCUT2D eigenvalue weighted by Crippen LogP contribution is -2.55. The van der Waals surface area contributed by atoms with Crippen molar-refractivity contribution in [3.8, 4) is 39.1 Å². The summed E-state index contributed by atoms with van der Waals surface area (Å²) in [4.78, 5) is 2.42. The van der Waals surface area contributed by atoms with Gasteiger partial charge in [-0.05, 0) is 179 Å². The quantitative estimate of drug-likeness (QED) is 0.162. The van der Waals surface area contributed by atoms with E-state index in [1.165, 1.54) is 107 Å². The highest BCUT2D eigenvalue weighted by molar-refractivity contribution is 7.25. The summed E-state index contributed by atoms with van der Waals surface area (Å²) in [6.45, 7) is 0. The number of hydrogen-bond donors (Lipinski definition) is 0. The summed E-state index contributed by atoms with van der Waals surface area (Å²) in [7, 11) is 0. The van der Waals surface area contributed by atoms with E-state index in [4.69, 9.17) is 0 Å². The zero-order chi connectivity index (χ0) is 43.8. The molecular weight excluding hydrogens is 829 g/mol. The predicted octanol–water partition coefficient (Wildman–Crippen LogP) is 17.7. The standard InChI is InChI=1S/C64H48N2S/c1-2-10-42(11-3-1)43-18-22-48(23-19-43)65(49-24-26-50(27-25-49)66-60-16-8-5-13-53(60)54-14-6-9-17-61(54)66)51-28-31-62-57(39-51)55-29-20-45(38-63(55)67-62)44-21-30-59-56(37-44)52-12-4-7-15-58(52)64(59)46-33-40-32-41(35-46)36-47(64)34-40/h1-31,37-41,46-47H,32-36H2. The van der Waals surface area contributed by atoms with E-state index in [-0.39, 0.29) is 5.41 Å². The van der Waals surface area contributed by atoms with Crippen molar-refractivity contribution < 1.29 is 0 Å². The summed E-state index contributed by atoms with van der Waals surface area (Å²) in [5.41, 5.74) is 18.5. The fraction of sp³-hybridized carbons (Fsp3) is 0.156. The van der Waals surface area contributed by atoms with Gasteiger partial charge in [0.1, 0.15) is 0 Å². The maximum atomic E-state index is 2.56. The van der Waals surface area contributed by atoms with Gasteiger partial charge in [0.05, 0.1) is 11.0 Å². The first-order valence-electron chi connectivity index (χ1n) is 24.4. The van der Waals surface area contributed by atoms with Crippen molar-refractivity contribution in [2.24, 2.45) is 23.7 Å². The average molecular weight is 877 g/mol. The minimum atomic E-state index is 0.206. The van der Waals surface area contributed by atoms with Crippen molar-refractivity contribution in [3.63, 3.8) is 0 Å². The monoisotopic (exact) mass is 876 g/mol. The first-order chi connectivity index (χ1) is 33.2. The second kappa shape index (κ2) is 14.4. The fourth-order valence-corrected chi connectivity index (χ4v) is 15.4. The molecule has 67 heavy (non-hydrogen) atoms. The second-order valence-corrected chi connectivity index (χ2v) is 21.2. The zero-order valence-corrected chi connectivity index (χ0v) is 38.1. The lowest BCUT2D eigenvalue weighted by atomic mass is 9.43. The van der Waals surface area contributed by atoms with Crippen LogP contribution in [0.4, 0.5) is 17.1 Å². The summed E-state index contributed by atoms with van der Waals surface area (Å²) in [5, 5.41) is 5.15. The Morgan fingerprint density at radius 1 is 0.388 bits per heavy atom. The molecule has 4 bridgehead atoms. The fourth-order valence-electron chi connectivity index (χ4n) is 14.3. The molecule has 0 radical (unpaired) electrons. The van der Waals surface area contributed by atoms with Crippen LogP contribution in [0.25, 0.3) is 81.0 Å². The molecule has 0 N–H and O–H groups in total. The van der Waals surface area contributed by atoms with Crippen molar-refractivity contribution in [2.75, 3.05) is 4.90 Å². The number of hydrogen-bond acceptors (Lipinski definition) is 2. The number of benzene rings is 9. The number of para-hydroxylation sites is 2. The number of rotatable bonds is 6. The molecule has 11 aromatic rings. The van der Waals surface area contributed by atoms with Gasteiger partial charge in [0.2, 0.25) is 0 Å². The zero-order valence-electron chi connectivity index (χ0n) is 37.3. The first kappa shape index (κ1) is 38.0. The summed E-state index contributed by atoms with van der Waals surface area (Å²) >= 11 is 1.91. The molecule has 0 amide bonds. The molecule has 1 spiro atoms. The molecule has 9 aromatic carbocycles. The van der Waals surface area contributed by atoms with Gasteiger partial charge in [-0.3, -0.25) is 0 Å². The average Bonchev–Trinajstić information content (AvgIpc) is 4.02. The number of nitrogens with zero attached hydrogens (tertiary/aromatic N) is 2. The predicted molar refractivity (Wildman–Crippen MR) is 282 cm³/mol. The molecule has 3 heteroatoms. The Labute approximate surface area is 395 Å². The van der Waals surface area contributed by atoms with E-state index in [1.807, 2.05) is 11.3 Å². The van der Waals surface area contributed by atoms with Crippen molar-refractivity contribution >= 4 is 70.4 Å². The van der Waals surface area contributed by atoms with Crippen molar-refractivity contribution in [1.82, 2.24) is 4.57 Å². The van der Waals surface area contributed by atoms with Gasteiger partial charge in [0.15, 0.2) is 0 Å². The summed E-state index contributed by atoms with van der Waals surface area (Å²) in [5.74, 6) is 3.47. The Bertz CT molecular complexity index is 3680. The minimum absolute atomic E-state index is 0.206. The largest absolute Gasteiger partial charge is 0.310 e. The van der Waals surface area contributed by atoms with Crippen LogP contribution in [0.3, 0.4) is 0 Å². The Balaban J connectivity index is 0.819. The van der Waals surface area contributed by atoms with Crippen LogP contribution in [-0.4, -0.2) is 4.57 Å². The third-order valence-corrected chi connectivity index (χ3v) is 17.9. The third kappa shape index (κ3) is 5.55. The molecule has 0 atom stereocenters. The number of aromatic nitrogens is 1. The molecule has 5 aliphatic carbocycles. The minimum Gasteiger partial charge on any atom is -0.310 e. The summed E-state index contributed by atoms with van der Waals surface area (Å²) in [6.07, 6.45) is 7.16. The highest BCUT2D eigenvalue weighted by Gasteiger charge is 2.61. The molecule has 2 nitrogen and oxygen atoms in total. The van der Waals surface area contributed by atoms with E-state index in [9.17, 15) is 0 Å². The van der Waals surface area contributed by atoms with Gasteiger partial charge in [0, 0.05) is 59.1 Å². The number of thiophene rings is 1. The van der Waals surface area contributed by atoms with Gasteiger partial charge < -0.3 is 9.47 Å². The van der Waals surface area contributed by atoms with Crippen LogP contribution < -0.4 is 4.90 Å². The van der Waals surface area contributed by atoms with Gasteiger partial charge in [0.25, 0.3) is 0 Å². The van der Waals surface area contributed by atoms with E-state index in [0.717, 1.165) is 46.4 Å². The molecule has 16 rings (SSSR count). The van der Waals surface area contributed by atoms with Crippen LogP contribution in [0.1, 0.15) is 43.2 Å². The summed E-state index contributed by atoms with van der Waals surface area (Å²) in [6, 6.07) is 77.6. The lowest BCUT2D eigenvalue weighted by Gasteiger charge is -2.61. The third-order valence-electron chi connectivity index (χ3n) is 16.8. The molecule has 4 saturated carbocycles. The Hall–Kier alpha value is -7.20. The van der Waals surface area contributed by atoms with Crippen molar-refractivity contribution in [3.05, 3.63) is 217 Å². The van der Waals surface area contributed by atoms with Gasteiger partial charge in [-0.25, -0.2) is 0 Å². The topological polar surface area (TPSA) is 8.17 Å². The molecular formula is C64H48N2S. The molecule has 0 unspecified atom stereocenters. The smallest absolute Gasteiger partial charge is 0.0541 e. The van der Waals surface area contributed by atoms with E-state index in [1.54, 1.807) is 11.1 Å². The van der Waals surface area contributed by atoms with Crippen molar-refractivity contribution in [2.45, 2.75) is 37.5 Å². The van der Waals surface area contributed by atoms with E-state index >= 15 is 0 Å². The molecule has 4 fully saturated rings. The maximum Gasteiger partial charge on any atom is 0.0541 e. The first-order valence-corrected chi connectivity index (χ1v) is 25.2. The van der Waals surface area contributed by atoms with Gasteiger partial charge in [-0.1, -0.05) is 127 Å². The van der Waals surface area contributed by atoms with Gasteiger partial charge in [-0.2, -0.15) is 0 Å². The number of anilines is 3. The molecule has 0 aliphatic heterocycles. The summed E-state index contributed by atoms with van der Waals surface area (Å²) < 4.78 is 5.04. The SMILES string of the molecule is c1ccc(-c2ccc(N(c3ccc(-n4c5ccccc5c5ccccc54)cc3)c3ccc4sc5cc(-c6ccc7c(c6)-c6ccccc6C76C7CC8CC(C7)CC6C8)ccc5c4c3)cc2)cc1. The molecule has 2 aromatic heterocycles. The van der Waals surface area contributed by atoms with Crippen LogP contribution in [0.2, 0.25) is 0 Å². The lowest BCUT2D eigenvalue weighted by molar-refractivity contribution is -0.0399. The van der Waals surface area contributed by atoms with Crippen LogP contribution in [-0.2, 0) is 5.41 Å². The Morgan fingerprint density at radius 2 is 0.955 bits per heavy atom. The van der Waals surface area contributed by atoms with E-state index in [0.29, 0.717) is 0 Å². The molecule has 320 valence electrons. The van der Waals surface area contributed by atoms with Crippen LogP contribution in [0, 0.1) is 23.7 Å². The highest BCUT2D eigenvalue weighted by atomic mass is 32.1. The molecule has 2 heterocycles. The van der Waals surface area contributed by atoms with Crippen molar-refractivity contribution in [1.29, 1.82) is 0 Å². The van der Waals surface area contributed by atoms with E-state index in [2.05, 4.69) is 216 Å².